The Bertz CT molecular complexity index is 909. The fourth-order valence-electron chi connectivity index (χ4n) is 2.75. The molecule has 0 spiro atoms. The van der Waals surface area contributed by atoms with Crippen LogP contribution in [-0.4, -0.2) is 41.3 Å². The van der Waals surface area contributed by atoms with Crippen molar-refractivity contribution in [2.24, 2.45) is 0 Å². The second-order valence-corrected chi connectivity index (χ2v) is 7.08. The lowest BCUT2D eigenvalue weighted by Crippen LogP contribution is -2.37. The summed E-state index contributed by atoms with van der Waals surface area (Å²) in [5.41, 5.74) is -0.164. The van der Waals surface area contributed by atoms with Crippen LogP contribution in [0.15, 0.2) is 29.8 Å². The van der Waals surface area contributed by atoms with Gasteiger partial charge >= 0.3 is 6.18 Å². The highest BCUT2D eigenvalue weighted by Crippen LogP contribution is 2.42. The summed E-state index contributed by atoms with van der Waals surface area (Å²) in [6.45, 7) is 6.13. The first kappa shape index (κ1) is 20.5. The molecule has 1 fully saturated rings. The number of fused-ring (bicyclic) bond motifs is 1. The van der Waals surface area contributed by atoms with Gasteiger partial charge in [0.25, 0.3) is 0 Å². The third-order valence-corrected chi connectivity index (χ3v) is 4.80. The van der Waals surface area contributed by atoms with Gasteiger partial charge in [-0.15, -0.1) is 11.3 Å². The predicted molar refractivity (Wildman–Crippen MR) is 105 cm³/mol. The van der Waals surface area contributed by atoms with E-state index in [0.29, 0.717) is 48.5 Å². The van der Waals surface area contributed by atoms with E-state index in [4.69, 9.17) is 4.74 Å². The lowest BCUT2D eigenvalue weighted by Gasteiger charge is -2.29. The van der Waals surface area contributed by atoms with Gasteiger partial charge in [0, 0.05) is 24.7 Å². The monoisotopic (exact) mass is 410 g/mol. The summed E-state index contributed by atoms with van der Waals surface area (Å²) in [4.78, 5) is 15.1. The molecule has 1 aliphatic rings. The first-order valence-electron chi connectivity index (χ1n) is 9.06. The minimum absolute atomic E-state index is 0.0547. The molecule has 4 rings (SSSR count). The van der Waals surface area contributed by atoms with Gasteiger partial charge in [-0.05, 0) is 12.1 Å². The van der Waals surface area contributed by atoms with Crippen molar-refractivity contribution in [3.8, 4) is 11.5 Å². The van der Waals surface area contributed by atoms with E-state index in [1.54, 1.807) is 24.4 Å². The maximum Gasteiger partial charge on any atom is 0.418 e. The average molecular weight is 410 g/mol. The van der Waals surface area contributed by atoms with Crippen LogP contribution in [0.25, 0.3) is 21.7 Å². The third kappa shape index (κ3) is 4.41. The summed E-state index contributed by atoms with van der Waals surface area (Å²) in [5, 5.41) is 1.16. The van der Waals surface area contributed by atoms with Crippen molar-refractivity contribution in [3.63, 3.8) is 0 Å². The van der Waals surface area contributed by atoms with Crippen LogP contribution in [0.2, 0.25) is 0 Å². The van der Waals surface area contributed by atoms with Gasteiger partial charge in [-0.2, -0.15) is 13.2 Å². The Morgan fingerprint density at radius 3 is 2.46 bits per heavy atom. The first-order chi connectivity index (χ1) is 13.5. The molecule has 3 aromatic rings. The number of thiophene rings is 1. The van der Waals surface area contributed by atoms with Gasteiger partial charge in [0.1, 0.15) is 16.3 Å². The molecule has 0 aromatic carbocycles. The summed E-state index contributed by atoms with van der Waals surface area (Å²) < 4.78 is 45.6. The topological polar surface area (TPSA) is 51.1 Å². The Kier molecular flexibility index (Phi) is 6.46. The molecular weight excluding hydrogens is 389 g/mol. The molecule has 0 saturated carbocycles. The van der Waals surface area contributed by atoms with E-state index in [9.17, 15) is 13.2 Å². The number of alkyl halides is 3. The van der Waals surface area contributed by atoms with Gasteiger partial charge in [0.2, 0.25) is 0 Å². The standard InChI is InChI=1S/C16H13F3N4OS.C3H8/c17-16(18,19)10-9-25-15-12(10)14(23-5-7-24-8-6-23)21-13(22-15)11-3-1-2-4-20-11;1-3-2/h1-4,9H,5-8H2;3H2,1-2H3. The van der Waals surface area contributed by atoms with Gasteiger partial charge in [-0.25, -0.2) is 9.97 Å². The molecule has 0 N–H and O–H groups in total. The Morgan fingerprint density at radius 1 is 1.14 bits per heavy atom. The Hall–Kier alpha value is -2.26. The number of aromatic nitrogens is 3. The second kappa shape index (κ2) is 8.83. The molecule has 3 aromatic heterocycles. The lowest BCUT2D eigenvalue weighted by atomic mass is 10.2. The number of nitrogens with zero attached hydrogens (tertiary/aromatic N) is 4. The maximum absolute atomic E-state index is 13.4. The van der Waals surface area contributed by atoms with Crippen LogP contribution in [0.1, 0.15) is 25.8 Å². The van der Waals surface area contributed by atoms with Gasteiger partial charge in [-0.3, -0.25) is 4.98 Å². The molecule has 0 radical (unpaired) electrons. The van der Waals surface area contributed by atoms with Crippen LogP contribution in [0, 0.1) is 0 Å². The van der Waals surface area contributed by atoms with E-state index >= 15 is 0 Å². The van der Waals surface area contributed by atoms with E-state index in [1.807, 2.05) is 4.90 Å². The molecule has 150 valence electrons. The minimum Gasteiger partial charge on any atom is -0.378 e. The molecule has 1 saturated heterocycles. The fourth-order valence-corrected chi connectivity index (χ4v) is 3.68. The van der Waals surface area contributed by atoms with Crippen LogP contribution < -0.4 is 4.90 Å². The quantitative estimate of drug-likeness (QED) is 0.593. The number of halogens is 3. The molecule has 9 heteroatoms. The Labute approximate surface area is 165 Å². The fraction of sp³-hybridized carbons (Fsp3) is 0.421. The van der Waals surface area contributed by atoms with Crippen molar-refractivity contribution >= 4 is 27.4 Å². The van der Waals surface area contributed by atoms with Crippen LogP contribution >= 0.6 is 11.3 Å². The molecule has 0 bridgehead atoms. The summed E-state index contributed by atoms with van der Waals surface area (Å²) in [7, 11) is 0. The summed E-state index contributed by atoms with van der Waals surface area (Å²) in [5.74, 6) is 0.618. The molecule has 28 heavy (non-hydrogen) atoms. The maximum atomic E-state index is 13.4. The molecule has 0 amide bonds. The second-order valence-electron chi connectivity index (χ2n) is 6.22. The normalized spacial score (nSPS) is 14.7. The molecule has 0 aliphatic carbocycles. The number of hydrogen-bond donors (Lipinski definition) is 0. The van der Waals surface area contributed by atoms with E-state index in [0.717, 1.165) is 16.7 Å². The molecule has 0 atom stereocenters. The number of rotatable bonds is 2. The van der Waals surface area contributed by atoms with Crippen molar-refractivity contribution < 1.29 is 17.9 Å². The van der Waals surface area contributed by atoms with Crippen molar-refractivity contribution in [1.82, 2.24) is 15.0 Å². The Morgan fingerprint density at radius 2 is 1.86 bits per heavy atom. The molecule has 4 heterocycles. The van der Waals surface area contributed by atoms with Gasteiger partial charge < -0.3 is 9.64 Å². The van der Waals surface area contributed by atoms with Crippen LogP contribution in [0.5, 0.6) is 0 Å². The summed E-state index contributed by atoms with van der Waals surface area (Å²) in [6.07, 6.45) is -1.60. The molecule has 0 unspecified atom stereocenters. The van der Waals surface area contributed by atoms with Crippen molar-refractivity contribution in [3.05, 3.63) is 35.3 Å². The Balaban J connectivity index is 0.000000706. The van der Waals surface area contributed by atoms with E-state index in [-0.39, 0.29) is 5.39 Å². The third-order valence-electron chi connectivity index (χ3n) is 3.92. The zero-order valence-electron chi connectivity index (χ0n) is 15.7. The number of hydrogen-bond acceptors (Lipinski definition) is 6. The largest absolute Gasteiger partial charge is 0.418 e. The smallest absolute Gasteiger partial charge is 0.378 e. The van der Waals surface area contributed by atoms with Crippen LogP contribution in [-0.2, 0) is 10.9 Å². The predicted octanol–water partition coefficient (Wildman–Crippen LogP) is 5.03. The molecule has 5 nitrogen and oxygen atoms in total. The minimum atomic E-state index is -4.45. The van der Waals surface area contributed by atoms with E-state index < -0.39 is 11.7 Å². The number of pyridine rings is 1. The summed E-state index contributed by atoms with van der Waals surface area (Å²) in [6, 6.07) is 5.29. The molecular formula is C19H21F3N4OS. The van der Waals surface area contributed by atoms with Crippen molar-refractivity contribution in [2.45, 2.75) is 26.4 Å². The molecule has 1 aliphatic heterocycles. The average Bonchev–Trinajstić information content (AvgIpc) is 3.14. The van der Waals surface area contributed by atoms with Crippen molar-refractivity contribution in [2.75, 3.05) is 31.2 Å². The number of ether oxygens (including phenoxy) is 1. The van der Waals surface area contributed by atoms with Gasteiger partial charge in [0.15, 0.2) is 5.82 Å². The zero-order chi connectivity index (χ0) is 20.1. The van der Waals surface area contributed by atoms with Gasteiger partial charge in [0.05, 0.1) is 24.2 Å². The first-order valence-corrected chi connectivity index (χ1v) is 9.94. The van der Waals surface area contributed by atoms with E-state index in [1.165, 1.54) is 6.42 Å². The summed E-state index contributed by atoms with van der Waals surface area (Å²) >= 11 is 0.971. The van der Waals surface area contributed by atoms with Crippen LogP contribution in [0.4, 0.5) is 19.0 Å². The highest BCUT2D eigenvalue weighted by Gasteiger charge is 2.36. The SMILES string of the molecule is CCC.FC(F)(F)c1csc2nc(-c3ccccn3)nc(N3CCOCC3)c12. The van der Waals surface area contributed by atoms with Gasteiger partial charge in [-0.1, -0.05) is 26.3 Å². The number of morpholine rings is 1. The lowest BCUT2D eigenvalue weighted by molar-refractivity contribution is -0.136. The van der Waals surface area contributed by atoms with Crippen LogP contribution in [0.3, 0.4) is 0 Å². The number of anilines is 1. The highest BCUT2D eigenvalue weighted by molar-refractivity contribution is 7.17. The van der Waals surface area contributed by atoms with Crippen molar-refractivity contribution in [1.29, 1.82) is 0 Å². The van der Waals surface area contributed by atoms with E-state index in [2.05, 4.69) is 28.8 Å². The zero-order valence-corrected chi connectivity index (χ0v) is 16.5. The highest BCUT2D eigenvalue weighted by atomic mass is 32.1.